The molecule has 0 aromatic carbocycles. The lowest BCUT2D eigenvalue weighted by molar-refractivity contribution is -0.154. The predicted octanol–water partition coefficient (Wildman–Crippen LogP) is 6.18. The molecule has 0 spiro atoms. The van der Waals surface area contributed by atoms with Gasteiger partial charge in [-0.3, -0.25) is 14.4 Å². The van der Waals surface area contributed by atoms with Gasteiger partial charge in [-0.2, -0.15) is 0 Å². The molecule has 4 aliphatic carbocycles. The van der Waals surface area contributed by atoms with Crippen molar-refractivity contribution < 1.29 is 29.0 Å². The molecule has 40 heavy (non-hydrogen) atoms. The smallest absolute Gasteiger partial charge is 0.306 e. The normalized spacial score (nSPS) is 38.7. The Hall–Kier alpha value is -2.31. The third-order valence-electron chi connectivity index (χ3n) is 11.7. The van der Waals surface area contributed by atoms with Crippen LogP contribution in [-0.2, 0) is 23.9 Å². The van der Waals surface area contributed by atoms with E-state index >= 15 is 0 Å². The number of hydrogen-bond donors (Lipinski definition) is 2. The lowest BCUT2D eigenvalue weighted by Crippen LogP contribution is -2.50. The fraction of sp³-hybridized carbons (Fsp3) is 0.788. The number of fused-ring (bicyclic) bond motifs is 7. The fourth-order valence-electron chi connectivity index (χ4n) is 9.56. The highest BCUT2D eigenvalue weighted by Gasteiger charge is 2.63. The molecule has 0 saturated heterocycles. The van der Waals surface area contributed by atoms with Gasteiger partial charge in [0.25, 0.3) is 0 Å². The highest BCUT2D eigenvalue weighted by atomic mass is 16.5. The summed E-state index contributed by atoms with van der Waals surface area (Å²) in [7, 11) is 0. The van der Waals surface area contributed by atoms with Gasteiger partial charge in [0.2, 0.25) is 5.91 Å². The second kappa shape index (κ2) is 11.2. The predicted molar refractivity (Wildman–Crippen MR) is 152 cm³/mol. The monoisotopic (exact) mass is 555 g/mol. The van der Waals surface area contributed by atoms with Gasteiger partial charge in [0, 0.05) is 32.2 Å². The number of carbonyl (C=O) groups is 3. The first kappa shape index (κ1) is 29.2. The number of allylic oxidation sites excluding steroid dienone is 2. The third kappa shape index (κ3) is 5.34. The molecule has 2 N–H and O–H groups in total. The summed E-state index contributed by atoms with van der Waals surface area (Å²) in [5.74, 6) is 2.83. The average molecular weight is 556 g/mol. The van der Waals surface area contributed by atoms with E-state index in [0.717, 1.165) is 51.5 Å². The first-order valence-electron chi connectivity index (χ1n) is 15.6. The zero-order chi connectivity index (χ0) is 28.8. The first-order valence-corrected chi connectivity index (χ1v) is 15.6. The molecule has 3 saturated carbocycles. The topological polar surface area (TPSA) is 102 Å². The Morgan fingerprint density at radius 1 is 1.18 bits per heavy atom. The third-order valence-corrected chi connectivity index (χ3v) is 11.7. The number of nitrogens with one attached hydrogen (secondary N) is 1. The molecule has 222 valence electrons. The number of carbonyl (C=O) groups excluding carboxylic acids is 2. The van der Waals surface area contributed by atoms with Gasteiger partial charge in [0.1, 0.15) is 12.2 Å². The lowest BCUT2D eigenvalue weighted by atomic mass is 9.47. The van der Waals surface area contributed by atoms with Crippen molar-refractivity contribution in [3.8, 4) is 0 Å². The molecule has 0 bridgehead atoms. The lowest BCUT2D eigenvalue weighted by Gasteiger charge is -2.58. The molecule has 3 fully saturated rings. The molecule has 5 aliphatic rings. The number of rotatable bonds is 9. The van der Waals surface area contributed by atoms with Crippen molar-refractivity contribution in [1.29, 1.82) is 0 Å². The summed E-state index contributed by atoms with van der Waals surface area (Å²) in [6, 6.07) is 0. The van der Waals surface area contributed by atoms with Gasteiger partial charge in [-0.15, -0.1) is 0 Å². The molecular formula is C33H49NO6. The Balaban J connectivity index is 1.24. The maximum Gasteiger partial charge on any atom is 0.306 e. The van der Waals surface area contributed by atoms with E-state index in [1.165, 1.54) is 29.7 Å². The van der Waals surface area contributed by atoms with Crippen LogP contribution in [0.3, 0.4) is 0 Å². The summed E-state index contributed by atoms with van der Waals surface area (Å²) in [5, 5.41) is 11.8. The van der Waals surface area contributed by atoms with Crippen molar-refractivity contribution in [2.45, 2.75) is 117 Å². The Bertz CT molecular complexity index is 1090. The first-order chi connectivity index (χ1) is 18.9. The number of aliphatic carboxylic acids is 1. The van der Waals surface area contributed by atoms with Crippen LogP contribution >= 0.6 is 0 Å². The Labute approximate surface area is 239 Å². The number of ether oxygens (including phenoxy) is 2. The highest BCUT2D eigenvalue weighted by molar-refractivity contribution is 5.76. The van der Waals surface area contributed by atoms with Crippen molar-refractivity contribution in [2.75, 3.05) is 6.54 Å². The molecule has 7 heteroatoms. The van der Waals surface area contributed by atoms with Crippen molar-refractivity contribution in [3.63, 3.8) is 0 Å². The SMILES string of the molecule is CC(=O)NC[C@H](C)CCC1=C(C)[C@@H]2[C@H](C[C@@H]3[C@@H]4CC=C5C[C@@H](OC(=O)CCC(=O)O)CC[C@]5(C)[C@@H]4CC[C@@]32C)O1. The molecule has 5 rings (SSSR count). The van der Waals surface area contributed by atoms with Crippen LogP contribution in [0.4, 0.5) is 0 Å². The van der Waals surface area contributed by atoms with E-state index in [2.05, 4.69) is 39.1 Å². The number of carboxylic acid groups (broad SMARTS) is 1. The van der Waals surface area contributed by atoms with E-state index in [4.69, 9.17) is 14.6 Å². The van der Waals surface area contributed by atoms with Crippen LogP contribution in [0, 0.1) is 40.4 Å². The zero-order valence-corrected chi connectivity index (χ0v) is 25.1. The van der Waals surface area contributed by atoms with Gasteiger partial charge >= 0.3 is 11.9 Å². The maximum atomic E-state index is 12.2. The van der Waals surface area contributed by atoms with Crippen LogP contribution in [0.5, 0.6) is 0 Å². The molecule has 0 unspecified atom stereocenters. The molecule has 0 aromatic rings. The van der Waals surface area contributed by atoms with Gasteiger partial charge in [0.05, 0.1) is 18.6 Å². The largest absolute Gasteiger partial charge is 0.494 e. The number of hydrogen-bond acceptors (Lipinski definition) is 5. The number of esters is 1. The van der Waals surface area contributed by atoms with E-state index in [0.29, 0.717) is 35.7 Å². The standard InChI is InChI=1S/C33H49NO6/c1-19(18-34-21(3)35)6-9-27-20(2)31-28(40-27)17-26-24-8-7-22-16-23(39-30(38)11-10-29(36)37)12-14-32(22,4)25(24)13-15-33(26,31)5/h7,19,23-26,28,31H,6,8-18H2,1-5H3,(H,34,35)(H,36,37)/t19-,23+,24-,25-,26-,28+,31-,32+,33+/m1/s1. The van der Waals surface area contributed by atoms with E-state index in [1.54, 1.807) is 6.92 Å². The van der Waals surface area contributed by atoms with Crippen LogP contribution in [0.2, 0.25) is 0 Å². The van der Waals surface area contributed by atoms with E-state index in [1.807, 2.05) is 0 Å². The Morgan fingerprint density at radius 2 is 1.95 bits per heavy atom. The van der Waals surface area contributed by atoms with Crippen molar-refractivity contribution in [2.24, 2.45) is 40.4 Å². The summed E-state index contributed by atoms with van der Waals surface area (Å²) in [6.07, 6.45) is 11.8. The molecule has 0 radical (unpaired) electrons. The molecule has 9 atom stereocenters. The molecule has 1 heterocycles. The Kier molecular flexibility index (Phi) is 8.15. The molecule has 1 amide bonds. The summed E-state index contributed by atoms with van der Waals surface area (Å²) in [6.45, 7) is 11.8. The second-order valence-corrected chi connectivity index (χ2v) is 14.1. The van der Waals surface area contributed by atoms with Crippen LogP contribution in [0.1, 0.15) is 105 Å². The minimum absolute atomic E-state index is 0.0338. The van der Waals surface area contributed by atoms with Gasteiger partial charge in [-0.1, -0.05) is 32.4 Å². The van der Waals surface area contributed by atoms with Crippen molar-refractivity contribution in [3.05, 3.63) is 23.0 Å². The minimum Gasteiger partial charge on any atom is -0.494 e. The van der Waals surface area contributed by atoms with E-state index in [9.17, 15) is 14.4 Å². The quantitative estimate of drug-likeness (QED) is 0.260. The minimum atomic E-state index is -0.963. The van der Waals surface area contributed by atoms with Crippen LogP contribution in [0.15, 0.2) is 23.0 Å². The average Bonchev–Trinajstić information content (AvgIpc) is 3.38. The number of amides is 1. The van der Waals surface area contributed by atoms with Crippen LogP contribution in [-0.4, -0.2) is 41.7 Å². The summed E-state index contributed by atoms with van der Waals surface area (Å²) < 4.78 is 12.4. The zero-order valence-electron chi connectivity index (χ0n) is 25.1. The molecule has 7 nitrogen and oxygen atoms in total. The van der Waals surface area contributed by atoms with Crippen LogP contribution in [0.25, 0.3) is 0 Å². The second-order valence-electron chi connectivity index (χ2n) is 14.1. The highest BCUT2D eigenvalue weighted by Crippen LogP contribution is 2.69. The van der Waals surface area contributed by atoms with E-state index in [-0.39, 0.29) is 41.7 Å². The van der Waals surface area contributed by atoms with Gasteiger partial charge < -0.3 is 19.9 Å². The van der Waals surface area contributed by atoms with Crippen LogP contribution < -0.4 is 5.32 Å². The summed E-state index contributed by atoms with van der Waals surface area (Å²) in [4.78, 5) is 34.3. The summed E-state index contributed by atoms with van der Waals surface area (Å²) in [5.41, 5.74) is 3.37. The number of carboxylic acids is 1. The van der Waals surface area contributed by atoms with Gasteiger partial charge in [0.15, 0.2) is 0 Å². The van der Waals surface area contributed by atoms with Gasteiger partial charge in [-0.25, -0.2) is 0 Å². The van der Waals surface area contributed by atoms with Crippen molar-refractivity contribution in [1.82, 2.24) is 5.32 Å². The van der Waals surface area contributed by atoms with E-state index < -0.39 is 5.97 Å². The molecular weight excluding hydrogens is 506 g/mol. The van der Waals surface area contributed by atoms with Crippen molar-refractivity contribution >= 4 is 17.8 Å². The fourth-order valence-corrected chi connectivity index (χ4v) is 9.56. The van der Waals surface area contributed by atoms with Gasteiger partial charge in [-0.05, 0) is 91.9 Å². The molecule has 0 aromatic heterocycles. The Morgan fingerprint density at radius 3 is 2.67 bits per heavy atom. The maximum absolute atomic E-state index is 12.2. The summed E-state index contributed by atoms with van der Waals surface area (Å²) >= 11 is 0. The molecule has 1 aliphatic heterocycles.